The van der Waals surface area contributed by atoms with E-state index in [1.165, 1.54) is 5.56 Å². The van der Waals surface area contributed by atoms with Gasteiger partial charge in [-0.1, -0.05) is 0 Å². The summed E-state index contributed by atoms with van der Waals surface area (Å²) in [7, 11) is 0. The molecular formula is C9H14BrO2P. The van der Waals surface area contributed by atoms with Gasteiger partial charge in [0.05, 0.1) is 0 Å². The topological polar surface area (TPSA) is 29.5 Å². The number of benzene rings is 1. The Labute approximate surface area is 87.2 Å². The number of aryl methyl sites for hydroxylation is 1. The summed E-state index contributed by atoms with van der Waals surface area (Å²) in [5.41, 5.74) is 1.18. The second-order valence-electron chi connectivity index (χ2n) is 2.86. The van der Waals surface area contributed by atoms with Crippen LogP contribution in [0.25, 0.3) is 0 Å². The fourth-order valence-corrected chi connectivity index (χ4v) is 3.64. The van der Waals surface area contributed by atoms with E-state index >= 15 is 0 Å². The summed E-state index contributed by atoms with van der Waals surface area (Å²) in [4.78, 5) is 9.91. The molecule has 2 nitrogen and oxygen atoms in total. The van der Waals surface area contributed by atoms with Gasteiger partial charge in [0.25, 0.3) is 0 Å². The predicted molar refractivity (Wildman–Crippen MR) is 61.9 cm³/mol. The number of halogens is 1. The van der Waals surface area contributed by atoms with Gasteiger partial charge >= 0.3 is 86.9 Å². The van der Waals surface area contributed by atoms with Crippen molar-refractivity contribution in [1.29, 1.82) is 0 Å². The molecule has 0 saturated heterocycles. The van der Waals surface area contributed by atoms with Gasteiger partial charge in [0.15, 0.2) is 0 Å². The van der Waals surface area contributed by atoms with E-state index in [1.807, 2.05) is 38.1 Å². The van der Waals surface area contributed by atoms with Crippen LogP contribution < -0.4 is 5.30 Å². The predicted octanol–water partition coefficient (Wildman–Crippen LogP) is 2.54. The van der Waals surface area contributed by atoms with Gasteiger partial charge in [0.2, 0.25) is 0 Å². The summed E-state index contributed by atoms with van der Waals surface area (Å²) in [6, 6.07) is 7.72. The zero-order chi connectivity index (χ0) is 9.90. The van der Waals surface area contributed by atoms with Crippen molar-refractivity contribution in [3.05, 3.63) is 29.8 Å². The molecule has 0 fully saturated rings. The minimum atomic E-state index is -2.79. The van der Waals surface area contributed by atoms with Gasteiger partial charge in [-0.3, -0.25) is 0 Å². The van der Waals surface area contributed by atoms with Gasteiger partial charge < -0.3 is 0 Å². The zero-order valence-corrected chi connectivity index (χ0v) is 10.3. The first-order valence-electron chi connectivity index (χ1n) is 4.18. The van der Waals surface area contributed by atoms with Gasteiger partial charge in [-0.25, -0.2) is 0 Å². The fraction of sp³-hybridized carbons (Fsp3) is 0.333. The van der Waals surface area contributed by atoms with E-state index in [9.17, 15) is 4.89 Å². The molecule has 0 atom stereocenters. The maximum absolute atomic E-state index is 9.91. The van der Waals surface area contributed by atoms with E-state index in [4.69, 9.17) is 4.52 Å². The van der Waals surface area contributed by atoms with Crippen LogP contribution in [0.1, 0.15) is 12.5 Å². The Morgan fingerprint density at radius 3 is 2.38 bits per heavy atom. The Balaban J connectivity index is 2.87. The van der Waals surface area contributed by atoms with Crippen LogP contribution in [-0.2, 0) is 4.52 Å². The minimum absolute atomic E-state index is 0.516. The summed E-state index contributed by atoms with van der Waals surface area (Å²) in [5, 5.41) is 0.847. The average Bonchev–Trinajstić information content (AvgIpc) is 2.05. The molecule has 0 heterocycles. The van der Waals surface area contributed by atoms with Crippen LogP contribution >= 0.6 is 21.9 Å². The Morgan fingerprint density at radius 2 is 1.92 bits per heavy atom. The maximum atomic E-state index is 9.91. The van der Waals surface area contributed by atoms with Crippen molar-refractivity contribution in [2.45, 2.75) is 13.8 Å². The van der Waals surface area contributed by atoms with E-state index in [0.29, 0.717) is 6.61 Å². The van der Waals surface area contributed by atoms with Crippen molar-refractivity contribution < 1.29 is 9.42 Å². The van der Waals surface area contributed by atoms with Gasteiger partial charge in [0.1, 0.15) is 0 Å². The number of hydrogen-bond donors (Lipinski definition) is 1. The Hall–Kier alpha value is 0.0500. The van der Waals surface area contributed by atoms with Gasteiger partial charge in [0, 0.05) is 0 Å². The van der Waals surface area contributed by atoms with Gasteiger partial charge in [-0.05, 0) is 0 Å². The van der Waals surface area contributed by atoms with Crippen molar-refractivity contribution >= 4 is 27.2 Å². The molecular weight excluding hydrogens is 251 g/mol. The monoisotopic (exact) mass is 264 g/mol. The third-order valence-electron chi connectivity index (χ3n) is 1.74. The molecule has 1 aromatic carbocycles. The van der Waals surface area contributed by atoms with Crippen LogP contribution in [0.2, 0.25) is 0 Å². The second-order valence-corrected chi connectivity index (χ2v) is 8.07. The molecule has 0 bridgehead atoms. The van der Waals surface area contributed by atoms with E-state index in [0.717, 1.165) is 5.30 Å². The summed E-state index contributed by atoms with van der Waals surface area (Å²) in [6.07, 6.45) is -2.79. The number of rotatable bonds is 3. The molecule has 0 amide bonds. The molecule has 1 rings (SSSR count). The van der Waals surface area contributed by atoms with Crippen molar-refractivity contribution in [3.8, 4) is 0 Å². The molecule has 0 aliphatic heterocycles. The average molecular weight is 265 g/mol. The second kappa shape index (κ2) is 4.52. The van der Waals surface area contributed by atoms with Crippen LogP contribution in [0, 0.1) is 6.92 Å². The molecule has 74 valence electrons. The molecule has 0 aliphatic carbocycles. The van der Waals surface area contributed by atoms with Crippen molar-refractivity contribution in [2.24, 2.45) is 0 Å². The quantitative estimate of drug-likeness (QED) is 0.851. The first-order chi connectivity index (χ1) is 6.06. The van der Waals surface area contributed by atoms with E-state index in [1.54, 1.807) is 0 Å². The standard InChI is InChI=1S/C9H14BrO2P/c1-3-12-13(10,11)9-6-4-8(2)5-7-9/h4-7,11,13H,3H2,1-2H3. The fourth-order valence-electron chi connectivity index (χ4n) is 1.03. The molecule has 0 aliphatic rings. The van der Waals surface area contributed by atoms with E-state index in [-0.39, 0.29) is 0 Å². The SMILES string of the molecule is CCO[PH](O)(Br)c1ccc(C)cc1. The molecule has 4 heteroatoms. The Bertz CT molecular complexity index is 271. The molecule has 0 spiro atoms. The third-order valence-corrected chi connectivity index (χ3v) is 5.52. The summed E-state index contributed by atoms with van der Waals surface area (Å²) in [5.74, 6) is 0. The van der Waals surface area contributed by atoms with Crippen LogP contribution in [0.3, 0.4) is 0 Å². The van der Waals surface area contributed by atoms with E-state index in [2.05, 4.69) is 15.5 Å². The molecule has 0 radical (unpaired) electrons. The number of hydrogen-bond acceptors (Lipinski definition) is 2. The molecule has 0 unspecified atom stereocenters. The van der Waals surface area contributed by atoms with Gasteiger partial charge in [-0.15, -0.1) is 0 Å². The van der Waals surface area contributed by atoms with Crippen LogP contribution in [-0.4, -0.2) is 11.5 Å². The molecule has 0 saturated carbocycles. The van der Waals surface area contributed by atoms with Crippen molar-refractivity contribution in [2.75, 3.05) is 6.61 Å². The van der Waals surface area contributed by atoms with Crippen molar-refractivity contribution in [3.63, 3.8) is 0 Å². The van der Waals surface area contributed by atoms with E-state index < -0.39 is 6.42 Å². The Morgan fingerprint density at radius 1 is 1.38 bits per heavy atom. The molecule has 13 heavy (non-hydrogen) atoms. The summed E-state index contributed by atoms with van der Waals surface area (Å²) in [6.45, 7) is 4.40. The third kappa shape index (κ3) is 3.03. The van der Waals surface area contributed by atoms with Crippen LogP contribution in [0.4, 0.5) is 0 Å². The van der Waals surface area contributed by atoms with Crippen LogP contribution in [0.15, 0.2) is 24.3 Å². The summed E-state index contributed by atoms with van der Waals surface area (Å²) >= 11 is 3.25. The van der Waals surface area contributed by atoms with Crippen molar-refractivity contribution in [1.82, 2.24) is 0 Å². The zero-order valence-electron chi connectivity index (χ0n) is 7.75. The van der Waals surface area contributed by atoms with Crippen LogP contribution in [0.5, 0.6) is 0 Å². The molecule has 0 aromatic heterocycles. The normalized spacial score (nSPS) is 12.9. The first-order valence-corrected chi connectivity index (χ1v) is 8.30. The first kappa shape index (κ1) is 11.1. The summed E-state index contributed by atoms with van der Waals surface area (Å²) < 4.78 is 5.27. The molecule has 1 N–H and O–H groups in total. The Kier molecular flexibility index (Phi) is 3.87. The molecule has 1 aromatic rings. The van der Waals surface area contributed by atoms with Gasteiger partial charge in [-0.2, -0.15) is 0 Å².